The maximum Gasteiger partial charge on any atom is 0.335 e. The van der Waals surface area contributed by atoms with Crippen molar-refractivity contribution >= 4 is 17.5 Å². The molecule has 0 radical (unpaired) electrons. The van der Waals surface area contributed by atoms with Crippen molar-refractivity contribution in [3.8, 4) is 0 Å². The lowest BCUT2D eigenvalue weighted by molar-refractivity contribution is 0.0697. The quantitative estimate of drug-likeness (QED) is 0.880. The molecule has 98 valence electrons. The van der Waals surface area contributed by atoms with E-state index in [1.165, 1.54) is 0 Å². The van der Waals surface area contributed by atoms with Crippen LogP contribution in [0.4, 0.5) is 11.5 Å². The lowest BCUT2D eigenvalue weighted by atomic mass is 10.2. The van der Waals surface area contributed by atoms with Gasteiger partial charge >= 0.3 is 5.97 Å². The van der Waals surface area contributed by atoms with Gasteiger partial charge in [0.2, 0.25) is 0 Å². The summed E-state index contributed by atoms with van der Waals surface area (Å²) in [5.74, 6) is 0.417. The third-order valence-corrected chi connectivity index (χ3v) is 2.64. The topological polar surface area (TPSA) is 75.1 Å². The van der Waals surface area contributed by atoms with Crippen LogP contribution in [0.15, 0.2) is 30.3 Å². The number of aromatic nitrogens is 2. The fraction of sp³-hybridized carbons (Fsp3) is 0.214. The van der Waals surface area contributed by atoms with Crippen molar-refractivity contribution < 1.29 is 9.90 Å². The Kier molecular flexibility index (Phi) is 3.75. The molecule has 1 aromatic carbocycles. The number of nitrogens with one attached hydrogen (secondary N) is 1. The number of rotatable bonds is 4. The number of carboxylic acid groups (broad SMARTS) is 1. The lowest BCUT2D eigenvalue weighted by Crippen LogP contribution is -2.02. The largest absolute Gasteiger partial charge is 0.478 e. The molecular formula is C14H15N3O2. The standard InChI is InChI=1S/C14H15N3O2/c1-3-11-8-13(16-9(2)15-11)17-12-6-4-5-10(7-12)14(18)19/h4-8H,3H2,1-2H3,(H,18,19)(H,15,16,17). The van der Waals surface area contributed by atoms with Crippen molar-refractivity contribution in [1.29, 1.82) is 0 Å². The number of aryl methyl sites for hydroxylation is 2. The molecule has 0 bridgehead atoms. The van der Waals surface area contributed by atoms with Crippen LogP contribution in [-0.4, -0.2) is 21.0 Å². The summed E-state index contributed by atoms with van der Waals surface area (Å²) in [6.45, 7) is 3.86. The summed E-state index contributed by atoms with van der Waals surface area (Å²) in [7, 11) is 0. The van der Waals surface area contributed by atoms with Gasteiger partial charge in [-0.25, -0.2) is 14.8 Å². The summed E-state index contributed by atoms with van der Waals surface area (Å²) in [6.07, 6.45) is 0.827. The summed E-state index contributed by atoms with van der Waals surface area (Å²) in [5.41, 5.74) is 1.89. The highest BCUT2D eigenvalue weighted by molar-refractivity contribution is 5.89. The average Bonchev–Trinajstić information content (AvgIpc) is 2.38. The maximum absolute atomic E-state index is 10.9. The Morgan fingerprint density at radius 2 is 2.11 bits per heavy atom. The Balaban J connectivity index is 2.28. The van der Waals surface area contributed by atoms with Gasteiger partial charge in [0.15, 0.2) is 0 Å². The molecule has 2 rings (SSSR count). The van der Waals surface area contributed by atoms with Crippen molar-refractivity contribution in [2.45, 2.75) is 20.3 Å². The van der Waals surface area contributed by atoms with E-state index in [4.69, 9.17) is 5.11 Å². The monoisotopic (exact) mass is 257 g/mol. The molecule has 0 aliphatic carbocycles. The van der Waals surface area contributed by atoms with Crippen molar-refractivity contribution in [2.24, 2.45) is 0 Å². The first-order chi connectivity index (χ1) is 9.08. The minimum absolute atomic E-state index is 0.242. The molecule has 2 N–H and O–H groups in total. The van der Waals surface area contributed by atoms with E-state index < -0.39 is 5.97 Å². The fourth-order valence-electron chi connectivity index (χ4n) is 1.75. The van der Waals surface area contributed by atoms with Crippen molar-refractivity contribution in [3.63, 3.8) is 0 Å². The molecular weight excluding hydrogens is 242 g/mol. The van der Waals surface area contributed by atoms with Gasteiger partial charge in [0, 0.05) is 17.4 Å². The molecule has 0 fully saturated rings. The van der Waals surface area contributed by atoms with Crippen LogP contribution < -0.4 is 5.32 Å². The normalized spacial score (nSPS) is 10.2. The molecule has 5 heteroatoms. The molecule has 0 saturated carbocycles. The zero-order valence-electron chi connectivity index (χ0n) is 10.8. The van der Waals surface area contributed by atoms with Gasteiger partial charge in [0.1, 0.15) is 11.6 Å². The van der Waals surface area contributed by atoms with Crippen molar-refractivity contribution in [1.82, 2.24) is 9.97 Å². The zero-order chi connectivity index (χ0) is 13.8. The van der Waals surface area contributed by atoms with Gasteiger partial charge < -0.3 is 10.4 Å². The van der Waals surface area contributed by atoms with Crippen LogP contribution in [0.5, 0.6) is 0 Å². The average molecular weight is 257 g/mol. The van der Waals surface area contributed by atoms with E-state index in [1.807, 2.05) is 19.9 Å². The minimum atomic E-state index is -0.947. The molecule has 0 aliphatic rings. The highest BCUT2D eigenvalue weighted by Crippen LogP contribution is 2.17. The fourth-order valence-corrected chi connectivity index (χ4v) is 1.75. The molecule has 0 amide bonds. The van der Waals surface area contributed by atoms with Crippen LogP contribution in [0.1, 0.15) is 28.8 Å². The van der Waals surface area contributed by atoms with Crippen molar-refractivity contribution in [3.05, 3.63) is 47.4 Å². The van der Waals surface area contributed by atoms with Crippen LogP contribution in [0, 0.1) is 6.92 Å². The van der Waals surface area contributed by atoms with E-state index in [0.717, 1.165) is 12.1 Å². The second-order valence-corrected chi connectivity index (χ2v) is 4.16. The number of hydrogen-bond acceptors (Lipinski definition) is 4. The summed E-state index contributed by atoms with van der Waals surface area (Å²) in [4.78, 5) is 19.5. The van der Waals surface area contributed by atoms with Gasteiger partial charge in [-0.3, -0.25) is 0 Å². The van der Waals surface area contributed by atoms with Crippen molar-refractivity contribution in [2.75, 3.05) is 5.32 Å². The summed E-state index contributed by atoms with van der Waals surface area (Å²) >= 11 is 0. The van der Waals surface area contributed by atoms with Gasteiger partial charge in [-0.1, -0.05) is 13.0 Å². The smallest absolute Gasteiger partial charge is 0.335 e. The minimum Gasteiger partial charge on any atom is -0.478 e. The Hall–Kier alpha value is -2.43. The predicted octanol–water partition coefficient (Wildman–Crippen LogP) is 2.79. The molecule has 0 spiro atoms. The molecule has 2 aromatic rings. The Bertz CT molecular complexity index is 611. The SMILES string of the molecule is CCc1cc(Nc2cccc(C(=O)O)c2)nc(C)n1. The molecule has 0 saturated heterocycles. The molecule has 0 unspecified atom stereocenters. The zero-order valence-corrected chi connectivity index (χ0v) is 10.8. The number of carbonyl (C=O) groups is 1. The molecule has 19 heavy (non-hydrogen) atoms. The summed E-state index contributed by atoms with van der Waals surface area (Å²) in [5, 5.41) is 12.0. The molecule has 1 heterocycles. The van der Waals surface area contributed by atoms with E-state index in [9.17, 15) is 4.79 Å². The van der Waals surface area contributed by atoms with Crippen LogP contribution >= 0.6 is 0 Å². The molecule has 1 aromatic heterocycles. The first kappa shape index (κ1) is 13.0. The predicted molar refractivity (Wildman–Crippen MR) is 72.8 cm³/mol. The van der Waals surface area contributed by atoms with Gasteiger partial charge in [0.05, 0.1) is 5.56 Å². The third-order valence-electron chi connectivity index (χ3n) is 2.64. The van der Waals surface area contributed by atoms with Gasteiger partial charge in [-0.05, 0) is 31.5 Å². The van der Waals surface area contributed by atoms with Crippen LogP contribution in [0.2, 0.25) is 0 Å². The Morgan fingerprint density at radius 3 is 2.79 bits per heavy atom. The van der Waals surface area contributed by atoms with Crippen LogP contribution in [0.3, 0.4) is 0 Å². The Labute approximate surface area is 111 Å². The van der Waals surface area contributed by atoms with Crippen LogP contribution in [0.25, 0.3) is 0 Å². The molecule has 0 atom stereocenters. The number of benzene rings is 1. The number of carboxylic acids is 1. The number of hydrogen-bond donors (Lipinski definition) is 2. The molecule has 0 aliphatic heterocycles. The first-order valence-corrected chi connectivity index (χ1v) is 6.03. The lowest BCUT2D eigenvalue weighted by Gasteiger charge is -2.08. The highest BCUT2D eigenvalue weighted by atomic mass is 16.4. The highest BCUT2D eigenvalue weighted by Gasteiger charge is 2.05. The van der Waals surface area contributed by atoms with Gasteiger partial charge in [0.25, 0.3) is 0 Å². The summed E-state index contributed by atoms with van der Waals surface area (Å²) in [6, 6.07) is 8.48. The number of anilines is 2. The Morgan fingerprint density at radius 1 is 1.32 bits per heavy atom. The second-order valence-electron chi connectivity index (χ2n) is 4.16. The van der Waals surface area contributed by atoms with E-state index in [0.29, 0.717) is 17.3 Å². The second kappa shape index (κ2) is 5.48. The number of nitrogens with zero attached hydrogens (tertiary/aromatic N) is 2. The van der Waals surface area contributed by atoms with E-state index in [-0.39, 0.29) is 5.56 Å². The molecule has 5 nitrogen and oxygen atoms in total. The first-order valence-electron chi connectivity index (χ1n) is 6.03. The third kappa shape index (κ3) is 3.28. The van der Waals surface area contributed by atoms with Crippen LogP contribution in [-0.2, 0) is 6.42 Å². The van der Waals surface area contributed by atoms with Gasteiger partial charge in [-0.15, -0.1) is 0 Å². The maximum atomic E-state index is 10.9. The van der Waals surface area contributed by atoms with E-state index in [2.05, 4.69) is 15.3 Å². The number of aromatic carboxylic acids is 1. The summed E-state index contributed by atoms with van der Waals surface area (Å²) < 4.78 is 0. The van der Waals surface area contributed by atoms with Gasteiger partial charge in [-0.2, -0.15) is 0 Å². The van der Waals surface area contributed by atoms with E-state index >= 15 is 0 Å². The van der Waals surface area contributed by atoms with E-state index in [1.54, 1.807) is 24.3 Å².